The molecule has 40 heteroatoms. The molecule has 40 nitrogen and oxygen atoms in total. The van der Waals surface area contributed by atoms with Gasteiger partial charge in [0.1, 0.15) is 34.2 Å². The number of carbonyl (C=O) groups is 15. The molecule has 0 aromatic carbocycles. The number of rotatable bonds is 73. The lowest BCUT2D eigenvalue weighted by atomic mass is 9.83. The summed E-state index contributed by atoms with van der Waals surface area (Å²) in [4.78, 5) is 205. The maximum Gasteiger partial charge on any atom is 0.407 e. The predicted octanol–water partition coefficient (Wildman–Crippen LogP) is 6.26. The lowest BCUT2D eigenvalue weighted by Crippen LogP contribution is -2.50. The molecule has 0 aromatic heterocycles. The minimum Gasteiger partial charge on any atom is -0.460 e. The fourth-order valence-corrected chi connectivity index (χ4v) is 14.9. The molecule has 9 N–H and O–H groups in total. The van der Waals surface area contributed by atoms with Gasteiger partial charge in [-0.1, -0.05) is 69.2 Å². The molecular weight excluding hydrogens is 1820 g/mol. The maximum absolute atomic E-state index is 13.7. The summed E-state index contributed by atoms with van der Waals surface area (Å²) in [5, 5.41) is 36.6. The van der Waals surface area contributed by atoms with Gasteiger partial charge in [-0.15, -0.1) is 5.06 Å². The number of Topliss-reactive ketones (excluding diaryl/α,β-unsaturated/α-hetero) is 5. The first kappa shape index (κ1) is 130. The van der Waals surface area contributed by atoms with Crippen molar-refractivity contribution in [3.63, 3.8) is 0 Å². The minimum atomic E-state index is -1.33. The Morgan fingerprint density at radius 2 is 0.721 bits per heavy atom. The molecule has 0 spiro atoms. The van der Waals surface area contributed by atoms with Crippen molar-refractivity contribution in [1.29, 1.82) is 0 Å². The number of carbonyl (C=O) groups excluding carboxylic acids is 15. The summed E-state index contributed by atoms with van der Waals surface area (Å²) in [6, 6.07) is -1.86. The molecule has 0 saturated carbocycles. The van der Waals surface area contributed by atoms with Crippen LogP contribution < -0.4 is 32.3 Å². The van der Waals surface area contributed by atoms with Gasteiger partial charge in [0.2, 0.25) is 23.6 Å². The fraction of sp³-hybridized carbons (Fsp3) is 0.850. The number of hydrogen-bond donors (Lipinski definition) is 8. The third-order valence-corrected chi connectivity index (χ3v) is 21.9. The highest BCUT2D eigenvalue weighted by molar-refractivity contribution is 6.01. The molecule has 2 heterocycles. The van der Waals surface area contributed by atoms with Gasteiger partial charge in [0.25, 0.3) is 11.8 Å². The quantitative estimate of drug-likeness (QED) is 0.0144. The molecule has 0 aromatic rings. The van der Waals surface area contributed by atoms with Gasteiger partial charge in [-0.3, -0.25) is 81.9 Å². The van der Waals surface area contributed by atoms with Gasteiger partial charge in [-0.05, 0) is 149 Å². The summed E-state index contributed by atoms with van der Waals surface area (Å²) in [7, 11) is 0. The number of ketones is 5. The fourth-order valence-electron chi connectivity index (χ4n) is 14.9. The second-order valence-electron chi connectivity index (χ2n) is 41.0. The number of ether oxygens (including phenoxy) is 11. The number of alkyl carbamates (subject to hydrolysis) is 1. The average Bonchev–Trinajstić information content (AvgIpc) is 1.44. The van der Waals surface area contributed by atoms with Crippen LogP contribution >= 0.6 is 0 Å². The van der Waals surface area contributed by atoms with E-state index in [0.29, 0.717) is 221 Å². The molecule has 0 aliphatic carbocycles. The normalized spacial score (nSPS) is 15.7. The predicted molar refractivity (Wildman–Crippen MR) is 526 cm³/mol. The van der Waals surface area contributed by atoms with Crippen LogP contribution in [0.15, 0.2) is 0 Å². The average molecular weight is 2000 g/mol. The number of aliphatic hydroxyl groups is 2. The number of nitrogens with two attached hydrogens (primary N) is 1. The first-order valence-electron chi connectivity index (χ1n) is 50.6. The van der Waals surface area contributed by atoms with Crippen LogP contribution in [0.4, 0.5) is 4.79 Å². The summed E-state index contributed by atoms with van der Waals surface area (Å²) in [6.07, 6.45) is 0.108. The molecule has 0 bridgehead atoms. The Bertz CT molecular complexity index is 3500. The monoisotopic (exact) mass is 2000 g/mol. The standard InChI is InChI=1S/C59H112N8O18.C41H69N3O11/c1-57(2,3)83-54(72)16-12-32-77-40-43-80-35-19-61-52(70)48-66-26-24-64(46-50(68)14-10-30-75-38-42-79-34-18-60)22-23-65(47-51(69)15-11-31-76-39-45-82-37-21-63-56(74)85-59(7,8)9)25-27-67(29-28-66)49-53(71)62-20-36-81-44-41-78-33-13-17-55(73)84-58(4,5)6;1-22(2)14-28(34(48)21-39(53)55-44-37(51)12-13-38(44)52)17-32(46)27(11)42-36(50)20-33(47)29(15-23(3)4)18-35(49)40(26(9)10)43-41(54)31(25(7)8)19-30(45)16-24(5)6/h10-49,60H2,1-9H3,(H,61,70)(H,62,71)(H,63,74);22-29,31,33-34,40,47-48H,12-21H2,1-11H3,(H,42,50)(H,43,54)/t;27-,28+,29+,31-,33-,34-,40-/m.0/s1. The lowest BCUT2D eigenvalue weighted by molar-refractivity contribution is -0.199. The Kier molecular flexibility index (Phi) is 69.3. The Hall–Kier alpha value is -7.55. The molecule has 2 aliphatic rings. The topological polar surface area (TPSA) is 510 Å². The van der Waals surface area contributed by atoms with Crippen molar-refractivity contribution in [2.45, 2.75) is 295 Å². The van der Waals surface area contributed by atoms with Crippen molar-refractivity contribution in [3.05, 3.63) is 0 Å². The van der Waals surface area contributed by atoms with Gasteiger partial charge in [0.05, 0.1) is 143 Å². The molecule has 0 unspecified atom stereocenters. The first-order chi connectivity index (χ1) is 65.8. The number of esters is 2. The van der Waals surface area contributed by atoms with E-state index < -0.39 is 101 Å². The van der Waals surface area contributed by atoms with Crippen molar-refractivity contribution in [2.75, 3.05) is 210 Å². The molecule has 7 atom stereocenters. The van der Waals surface area contributed by atoms with Crippen LogP contribution in [0.25, 0.3) is 0 Å². The van der Waals surface area contributed by atoms with Gasteiger partial charge >= 0.3 is 24.0 Å². The number of hydroxylamine groups is 2. The van der Waals surface area contributed by atoms with E-state index in [1.807, 2.05) is 121 Å². The van der Waals surface area contributed by atoms with Crippen LogP contribution in [-0.2, 0) is 124 Å². The Morgan fingerprint density at radius 1 is 0.364 bits per heavy atom. The third-order valence-electron chi connectivity index (χ3n) is 21.9. The van der Waals surface area contributed by atoms with Gasteiger partial charge < -0.3 is 99.5 Å². The zero-order valence-corrected chi connectivity index (χ0v) is 88.5. The van der Waals surface area contributed by atoms with Crippen molar-refractivity contribution in [1.82, 2.24) is 51.2 Å². The highest BCUT2D eigenvalue weighted by atomic mass is 16.7. The summed E-state index contributed by atoms with van der Waals surface area (Å²) < 4.78 is 60.7. The molecule has 2 rings (SSSR count). The molecule has 0 radical (unpaired) electrons. The molecular formula is C100H181N11O29. The van der Waals surface area contributed by atoms with Crippen LogP contribution in [0.5, 0.6) is 0 Å². The summed E-state index contributed by atoms with van der Waals surface area (Å²) in [5.41, 5.74) is 3.84. The molecule has 2 aliphatic heterocycles. The molecule has 2 saturated heterocycles. The first-order valence-corrected chi connectivity index (χ1v) is 50.6. The highest BCUT2D eigenvalue weighted by Crippen LogP contribution is 2.28. The van der Waals surface area contributed by atoms with E-state index in [1.165, 1.54) is 6.92 Å². The van der Waals surface area contributed by atoms with E-state index in [0.717, 1.165) is 0 Å². The summed E-state index contributed by atoms with van der Waals surface area (Å²) in [5.74, 6) is -6.85. The minimum absolute atomic E-state index is 0.00663. The van der Waals surface area contributed by atoms with Crippen molar-refractivity contribution in [2.24, 2.45) is 53.1 Å². The maximum atomic E-state index is 13.7. The number of imide groups is 1. The van der Waals surface area contributed by atoms with E-state index in [-0.39, 0.29) is 186 Å². The van der Waals surface area contributed by atoms with Crippen molar-refractivity contribution >= 4 is 88.4 Å². The second kappa shape index (κ2) is 74.4. The number of aliphatic hydroxyl groups excluding tert-OH is 2. The molecule has 140 heavy (non-hydrogen) atoms. The SMILES string of the molecule is CC(C)(C)OC(=O)CCCOCCOCCNC(=O)CN1CCN(CC(=O)CCCOCCOCCN)CCN(CC(=O)CCCOCCOCCNC(=O)OC(C)(C)C)CCN(CC(=O)NCCOCCOCCCC(=O)OC(C)(C)C)CC1.CC(C)CC(=O)C[C@H](C(=O)N[C@H](C(=O)C[C@@H](CC(C)C)[C@@H](O)CC(=O)N[C@@H](C)C(=O)C[C@@H](CC(C)C)[C@@H](O)CC(=O)ON1C(=O)CCC1=O)C(C)C)C(C)C. The van der Waals surface area contributed by atoms with Crippen LogP contribution in [0.1, 0.15) is 254 Å². The van der Waals surface area contributed by atoms with E-state index in [2.05, 4.69) is 36.4 Å². The zero-order valence-electron chi connectivity index (χ0n) is 88.5. The van der Waals surface area contributed by atoms with E-state index >= 15 is 0 Å². The Labute approximate surface area is 833 Å². The highest BCUT2D eigenvalue weighted by Gasteiger charge is 2.38. The van der Waals surface area contributed by atoms with E-state index in [9.17, 15) is 82.1 Å². The Morgan fingerprint density at radius 3 is 1.09 bits per heavy atom. The number of amides is 7. The number of nitrogens with zero attached hydrogens (tertiary/aromatic N) is 5. The van der Waals surface area contributed by atoms with E-state index in [1.54, 1.807) is 20.8 Å². The van der Waals surface area contributed by atoms with Crippen LogP contribution in [0, 0.1) is 47.3 Å². The molecule has 810 valence electrons. The van der Waals surface area contributed by atoms with Crippen LogP contribution in [-0.4, -0.2) is 375 Å². The molecule has 7 amide bonds. The number of nitrogens with one attached hydrogen (secondary N) is 5. The third kappa shape index (κ3) is 69.4. The summed E-state index contributed by atoms with van der Waals surface area (Å²) >= 11 is 0. The lowest BCUT2D eigenvalue weighted by Gasteiger charge is -2.33. The largest absolute Gasteiger partial charge is 0.460 e. The van der Waals surface area contributed by atoms with Crippen LogP contribution in [0.2, 0.25) is 0 Å². The van der Waals surface area contributed by atoms with Crippen molar-refractivity contribution < 1.29 is 139 Å². The van der Waals surface area contributed by atoms with Crippen LogP contribution in [0.3, 0.4) is 0 Å². The van der Waals surface area contributed by atoms with Gasteiger partial charge in [-0.25, -0.2) is 9.59 Å². The summed E-state index contributed by atoms with van der Waals surface area (Å²) in [6.45, 7) is 47.8. The number of hydrogen-bond acceptors (Lipinski definition) is 34. The van der Waals surface area contributed by atoms with Gasteiger partial charge in [-0.2, -0.15) is 0 Å². The molecule has 2 fully saturated rings. The van der Waals surface area contributed by atoms with Gasteiger partial charge in [0.15, 0.2) is 11.6 Å². The zero-order chi connectivity index (χ0) is 105. The Balaban J connectivity index is 0.00000153. The smallest absolute Gasteiger partial charge is 0.407 e. The second-order valence-corrected chi connectivity index (χ2v) is 41.0. The van der Waals surface area contributed by atoms with E-state index in [4.69, 9.17) is 62.7 Å². The van der Waals surface area contributed by atoms with Crippen molar-refractivity contribution in [3.8, 4) is 0 Å². The van der Waals surface area contributed by atoms with Gasteiger partial charge in [0, 0.05) is 175 Å².